The fourth-order valence-corrected chi connectivity index (χ4v) is 5.89. The predicted octanol–water partition coefficient (Wildman–Crippen LogP) is 3.85. The van der Waals surface area contributed by atoms with Crippen molar-refractivity contribution in [3.63, 3.8) is 0 Å². The maximum atomic E-state index is 4.63. The number of likely N-dealkylation sites (N-methyl/N-ethyl adjacent to an activating group) is 2. The third-order valence-corrected chi connectivity index (χ3v) is 8.94. The normalized spacial score (nSPS) is 16.2. The zero-order valence-electron chi connectivity index (χ0n) is 25.4. The molecular weight excluding hydrogens is 632 g/mol. The van der Waals surface area contributed by atoms with Crippen LogP contribution in [0.3, 0.4) is 0 Å². The van der Waals surface area contributed by atoms with Gasteiger partial charge in [0, 0.05) is 118 Å². The van der Waals surface area contributed by atoms with Crippen molar-refractivity contribution < 1.29 is 0 Å². The molecule has 0 unspecified atom stereocenters. The van der Waals surface area contributed by atoms with Gasteiger partial charge in [0.1, 0.15) is 11.6 Å². The Hall–Kier alpha value is -4.46. The first-order valence-electron chi connectivity index (χ1n) is 15.1. The Morgan fingerprint density at radius 2 is 1.07 bits per heavy atom. The number of hydrogen-bond donors (Lipinski definition) is 0. The summed E-state index contributed by atoms with van der Waals surface area (Å²) < 4.78 is 4.45. The molecule has 2 aliphatic heterocycles. The van der Waals surface area contributed by atoms with Gasteiger partial charge in [0.05, 0.1) is 16.9 Å². The lowest BCUT2D eigenvalue weighted by molar-refractivity contribution is 0.312. The number of nitrogens with zero attached hydrogens (tertiary/aromatic N) is 12. The van der Waals surface area contributed by atoms with Crippen molar-refractivity contribution in [3.05, 3.63) is 84.4 Å². The molecule has 2 saturated heterocycles. The third kappa shape index (κ3) is 6.51. The molecule has 6 aromatic rings. The van der Waals surface area contributed by atoms with E-state index >= 15 is 0 Å². The Kier molecular flexibility index (Phi) is 8.37. The molecule has 0 aromatic carbocycles. The molecular formula is C32H35BrN12. The van der Waals surface area contributed by atoms with E-state index in [1.54, 1.807) is 21.4 Å². The van der Waals surface area contributed by atoms with Crippen molar-refractivity contribution in [2.75, 3.05) is 76.3 Å². The Bertz CT molecular complexity index is 1870. The third-order valence-electron chi connectivity index (χ3n) is 8.38. The van der Waals surface area contributed by atoms with E-state index < -0.39 is 0 Å². The van der Waals surface area contributed by atoms with Crippen molar-refractivity contribution >= 4 is 38.9 Å². The Morgan fingerprint density at radius 1 is 0.533 bits per heavy atom. The van der Waals surface area contributed by atoms with E-state index in [1.165, 1.54) is 0 Å². The highest BCUT2D eigenvalue weighted by Gasteiger charge is 2.16. The Morgan fingerprint density at radius 3 is 1.62 bits per heavy atom. The summed E-state index contributed by atoms with van der Waals surface area (Å²) in [5.74, 6) is 2.09. The number of pyridine rings is 2. The van der Waals surface area contributed by atoms with Gasteiger partial charge in [0.15, 0.2) is 11.3 Å². The van der Waals surface area contributed by atoms with Gasteiger partial charge in [-0.25, -0.2) is 29.0 Å². The number of piperazine rings is 2. The fourth-order valence-electron chi connectivity index (χ4n) is 5.51. The van der Waals surface area contributed by atoms with Crippen LogP contribution in [0.25, 0.3) is 33.5 Å². The molecule has 12 nitrogen and oxygen atoms in total. The molecule has 0 atom stereocenters. The van der Waals surface area contributed by atoms with Crippen LogP contribution in [0.15, 0.2) is 84.4 Å². The summed E-state index contributed by atoms with van der Waals surface area (Å²) >= 11 is 3.44. The molecule has 6 aromatic heterocycles. The molecule has 0 bridgehead atoms. The minimum absolute atomic E-state index is 0.816. The van der Waals surface area contributed by atoms with Crippen LogP contribution in [0.2, 0.25) is 0 Å². The lowest BCUT2D eigenvalue weighted by Gasteiger charge is -2.33. The second kappa shape index (κ2) is 12.9. The highest BCUT2D eigenvalue weighted by molar-refractivity contribution is 9.10. The molecule has 0 spiro atoms. The van der Waals surface area contributed by atoms with E-state index in [9.17, 15) is 0 Å². The molecule has 0 amide bonds. The minimum Gasteiger partial charge on any atom is -0.354 e. The summed E-state index contributed by atoms with van der Waals surface area (Å²) in [7, 11) is 4.32. The molecule has 0 N–H and O–H groups in total. The van der Waals surface area contributed by atoms with Gasteiger partial charge in [-0.15, -0.1) is 0 Å². The van der Waals surface area contributed by atoms with Crippen molar-refractivity contribution in [2.24, 2.45) is 0 Å². The second-order valence-corrected chi connectivity index (χ2v) is 12.3. The topological polar surface area (TPSA) is 99.1 Å². The second-order valence-electron chi connectivity index (χ2n) is 11.5. The molecule has 230 valence electrons. The molecule has 2 fully saturated rings. The van der Waals surface area contributed by atoms with Crippen LogP contribution in [0.1, 0.15) is 0 Å². The van der Waals surface area contributed by atoms with Crippen LogP contribution < -0.4 is 9.80 Å². The lowest BCUT2D eigenvalue weighted by atomic mass is 10.1. The SMILES string of the molecule is CN1CCN(c2ccc(-c3cnc4c(Br)cnn4c3)cn2)CC1.CN1CCN(c2ccc(-c3cnc4ccnn4c3)cn2)CC1. The zero-order chi connectivity index (χ0) is 30.8. The summed E-state index contributed by atoms with van der Waals surface area (Å²) in [5, 5.41) is 8.50. The first-order chi connectivity index (χ1) is 22.0. The quantitative estimate of drug-likeness (QED) is 0.276. The summed E-state index contributed by atoms with van der Waals surface area (Å²) in [5.41, 5.74) is 5.80. The Labute approximate surface area is 270 Å². The van der Waals surface area contributed by atoms with Crippen LogP contribution in [0.5, 0.6) is 0 Å². The molecule has 0 aliphatic carbocycles. The van der Waals surface area contributed by atoms with Gasteiger partial charge >= 0.3 is 0 Å². The zero-order valence-corrected chi connectivity index (χ0v) is 27.0. The molecule has 0 radical (unpaired) electrons. The van der Waals surface area contributed by atoms with E-state index in [1.807, 2.05) is 43.2 Å². The highest BCUT2D eigenvalue weighted by atomic mass is 79.9. The standard InChI is InChI=1S/C16H17BrN6.C16H18N6/c1-21-4-6-22(7-5-21)15-3-2-12(8-18-15)13-9-19-16-14(17)10-20-23(16)11-13;1-20-6-8-21(9-7-20)15-3-2-13(10-17-15)14-11-18-16-4-5-19-22(16)12-14/h2-3,8-11H,4-7H2,1H3;2-5,10-12H,6-9H2,1H3. The molecule has 8 rings (SSSR count). The van der Waals surface area contributed by atoms with Crippen molar-refractivity contribution in [1.82, 2.24) is 49.0 Å². The first-order valence-corrected chi connectivity index (χ1v) is 15.9. The van der Waals surface area contributed by atoms with Gasteiger partial charge in [-0.3, -0.25) is 0 Å². The number of aromatic nitrogens is 8. The number of fused-ring (bicyclic) bond motifs is 2. The molecule has 2 aliphatic rings. The van der Waals surface area contributed by atoms with Crippen LogP contribution in [-0.2, 0) is 0 Å². The molecule has 8 heterocycles. The van der Waals surface area contributed by atoms with Crippen LogP contribution in [-0.4, -0.2) is 115 Å². The van der Waals surface area contributed by atoms with E-state index in [2.05, 4.69) is 104 Å². The predicted molar refractivity (Wildman–Crippen MR) is 180 cm³/mol. The van der Waals surface area contributed by atoms with E-state index in [4.69, 9.17) is 0 Å². The van der Waals surface area contributed by atoms with Gasteiger partial charge in [-0.2, -0.15) is 10.2 Å². The van der Waals surface area contributed by atoms with Gasteiger partial charge in [-0.1, -0.05) is 0 Å². The summed E-state index contributed by atoms with van der Waals surface area (Å²) in [6.07, 6.45) is 15.0. The average molecular weight is 668 g/mol. The van der Waals surface area contributed by atoms with E-state index in [-0.39, 0.29) is 0 Å². The van der Waals surface area contributed by atoms with Crippen LogP contribution in [0, 0.1) is 0 Å². The first kappa shape index (κ1) is 29.3. The van der Waals surface area contributed by atoms with Gasteiger partial charge in [-0.05, 0) is 54.3 Å². The Balaban J connectivity index is 0.000000145. The number of halogens is 1. The smallest absolute Gasteiger partial charge is 0.169 e. The maximum absolute atomic E-state index is 4.63. The van der Waals surface area contributed by atoms with Gasteiger partial charge in [0.2, 0.25) is 0 Å². The van der Waals surface area contributed by atoms with Crippen molar-refractivity contribution in [1.29, 1.82) is 0 Å². The largest absolute Gasteiger partial charge is 0.354 e. The lowest BCUT2D eigenvalue weighted by Crippen LogP contribution is -2.44. The monoisotopic (exact) mass is 666 g/mol. The number of hydrogen-bond acceptors (Lipinski definition) is 10. The van der Waals surface area contributed by atoms with Crippen LogP contribution >= 0.6 is 15.9 Å². The maximum Gasteiger partial charge on any atom is 0.169 e. The highest BCUT2D eigenvalue weighted by Crippen LogP contribution is 2.24. The summed E-state index contributed by atoms with van der Waals surface area (Å²) in [6.45, 7) is 8.45. The number of anilines is 2. The van der Waals surface area contributed by atoms with Gasteiger partial charge < -0.3 is 19.6 Å². The van der Waals surface area contributed by atoms with Crippen molar-refractivity contribution in [3.8, 4) is 22.3 Å². The molecule has 0 saturated carbocycles. The minimum atomic E-state index is 0.816. The van der Waals surface area contributed by atoms with E-state index in [0.29, 0.717) is 0 Å². The average Bonchev–Trinajstić information content (AvgIpc) is 3.72. The summed E-state index contributed by atoms with van der Waals surface area (Å²) in [4.78, 5) is 27.4. The van der Waals surface area contributed by atoms with Gasteiger partial charge in [0.25, 0.3) is 0 Å². The van der Waals surface area contributed by atoms with Crippen molar-refractivity contribution in [2.45, 2.75) is 0 Å². The number of rotatable bonds is 4. The van der Waals surface area contributed by atoms with Crippen LogP contribution in [0.4, 0.5) is 11.6 Å². The fraction of sp³-hybridized carbons (Fsp3) is 0.312. The molecule has 45 heavy (non-hydrogen) atoms. The van der Waals surface area contributed by atoms with E-state index in [0.717, 1.165) is 102 Å². The molecule has 13 heteroatoms. The summed E-state index contributed by atoms with van der Waals surface area (Å²) in [6, 6.07) is 10.3.